The number of anilines is 2. The third-order valence-corrected chi connectivity index (χ3v) is 4.44. The van der Waals surface area contributed by atoms with E-state index in [-0.39, 0.29) is 0 Å². The van der Waals surface area contributed by atoms with E-state index in [1.165, 1.54) is 5.56 Å². The number of guanidine groups is 1. The number of thiocarbonyl (C=S) groups is 1. The first kappa shape index (κ1) is 21.3. The van der Waals surface area contributed by atoms with E-state index in [2.05, 4.69) is 48.9 Å². The van der Waals surface area contributed by atoms with Crippen molar-refractivity contribution in [2.45, 2.75) is 33.7 Å². The Labute approximate surface area is 182 Å². The maximum absolute atomic E-state index is 5.52. The second kappa shape index (κ2) is 10.4. The first-order chi connectivity index (χ1) is 14.5. The van der Waals surface area contributed by atoms with Gasteiger partial charge in [-0.15, -0.1) is 0 Å². The van der Waals surface area contributed by atoms with Crippen LogP contribution in [0.4, 0.5) is 11.6 Å². The maximum Gasteiger partial charge on any atom is 0.229 e. The quantitative estimate of drug-likeness (QED) is 0.327. The predicted molar refractivity (Wildman–Crippen MR) is 126 cm³/mol. The Balaban J connectivity index is 1.78. The number of pyridine rings is 1. The van der Waals surface area contributed by atoms with Crippen molar-refractivity contribution in [3.8, 4) is 0 Å². The number of benzene rings is 1. The highest BCUT2D eigenvalue weighted by atomic mass is 32.1. The molecule has 2 heterocycles. The number of nitrogens with one attached hydrogen (secondary N) is 3. The van der Waals surface area contributed by atoms with E-state index < -0.39 is 0 Å². The van der Waals surface area contributed by atoms with Crippen LogP contribution in [0.25, 0.3) is 0 Å². The van der Waals surface area contributed by atoms with Crippen molar-refractivity contribution >= 4 is 34.9 Å². The van der Waals surface area contributed by atoms with E-state index in [0.29, 0.717) is 23.6 Å². The van der Waals surface area contributed by atoms with Gasteiger partial charge in [0.05, 0.1) is 6.54 Å². The summed E-state index contributed by atoms with van der Waals surface area (Å²) >= 11 is 5.52. The molecule has 0 amide bonds. The van der Waals surface area contributed by atoms with Gasteiger partial charge in [-0.05, 0) is 61.8 Å². The van der Waals surface area contributed by atoms with E-state index in [4.69, 9.17) is 12.2 Å². The minimum atomic E-state index is 0.428. The first-order valence-electron chi connectivity index (χ1n) is 9.72. The molecule has 0 bridgehead atoms. The van der Waals surface area contributed by atoms with E-state index in [1.54, 1.807) is 12.4 Å². The Bertz CT molecular complexity index is 1010. The number of nitrogens with zero attached hydrogens (tertiary/aromatic N) is 4. The Morgan fingerprint density at radius 3 is 2.50 bits per heavy atom. The van der Waals surface area contributed by atoms with E-state index in [0.717, 1.165) is 29.1 Å². The molecule has 2 aromatic heterocycles. The molecule has 0 aliphatic carbocycles. The van der Waals surface area contributed by atoms with Gasteiger partial charge in [0.1, 0.15) is 0 Å². The summed E-state index contributed by atoms with van der Waals surface area (Å²) in [7, 11) is 0. The summed E-state index contributed by atoms with van der Waals surface area (Å²) in [4.78, 5) is 17.6. The fraction of sp³-hybridized carbons (Fsp3) is 0.227. The number of aromatic nitrogens is 3. The van der Waals surface area contributed by atoms with Crippen LogP contribution in [-0.4, -0.2) is 26.0 Å². The molecule has 7 nitrogen and oxygen atoms in total. The summed E-state index contributed by atoms with van der Waals surface area (Å²) < 4.78 is 0. The normalized spacial score (nSPS) is 11.1. The van der Waals surface area contributed by atoms with Crippen LogP contribution in [0.15, 0.2) is 59.9 Å². The molecule has 0 aliphatic heterocycles. The Kier molecular flexibility index (Phi) is 7.40. The molecule has 0 spiro atoms. The summed E-state index contributed by atoms with van der Waals surface area (Å²) in [6, 6.07) is 13.8. The van der Waals surface area contributed by atoms with Crippen LogP contribution < -0.4 is 16.0 Å². The van der Waals surface area contributed by atoms with Gasteiger partial charge in [-0.25, -0.2) is 15.0 Å². The largest absolute Gasteiger partial charge is 0.332 e. The summed E-state index contributed by atoms with van der Waals surface area (Å²) in [5, 5.41) is 9.95. The van der Waals surface area contributed by atoms with Gasteiger partial charge >= 0.3 is 0 Å². The lowest BCUT2D eigenvalue weighted by Crippen LogP contribution is -2.39. The molecule has 0 saturated carbocycles. The van der Waals surface area contributed by atoms with Gasteiger partial charge in [-0.1, -0.05) is 31.2 Å². The van der Waals surface area contributed by atoms with Crippen LogP contribution in [0.1, 0.15) is 29.4 Å². The highest BCUT2D eigenvalue weighted by Gasteiger charge is 2.08. The third kappa shape index (κ3) is 6.31. The molecule has 0 saturated heterocycles. The van der Waals surface area contributed by atoms with Gasteiger partial charge in [-0.2, -0.15) is 0 Å². The lowest BCUT2D eigenvalue weighted by Gasteiger charge is -2.16. The number of para-hydroxylation sites is 1. The summed E-state index contributed by atoms with van der Waals surface area (Å²) in [5.74, 6) is 0.914. The smallest absolute Gasteiger partial charge is 0.229 e. The summed E-state index contributed by atoms with van der Waals surface area (Å²) in [6.45, 7) is 6.39. The molecule has 0 radical (unpaired) electrons. The molecular formula is C22H25N7S. The number of hydrogen-bond acceptors (Lipinski definition) is 5. The lowest BCUT2D eigenvalue weighted by atomic mass is 10.1. The summed E-state index contributed by atoms with van der Waals surface area (Å²) in [6.07, 6.45) is 4.42. The van der Waals surface area contributed by atoms with Crippen molar-refractivity contribution in [3.05, 3.63) is 77.4 Å². The highest BCUT2D eigenvalue weighted by Crippen LogP contribution is 2.15. The molecule has 3 aromatic rings. The van der Waals surface area contributed by atoms with Gasteiger partial charge in [0.15, 0.2) is 5.11 Å². The average molecular weight is 420 g/mol. The van der Waals surface area contributed by atoms with Crippen molar-refractivity contribution in [2.75, 3.05) is 10.6 Å². The number of hydrogen-bond donors (Lipinski definition) is 3. The van der Waals surface area contributed by atoms with Crippen molar-refractivity contribution in [1.82, 2.24) is 20.3 Å². The first-order valence-corrected chi connectivity index (χ1v) is 10.1. The zero-order chi connectivity index (χ0) is 21.3. The lowest BCUT2D eigenvalue weighted by molar-refractivity contribution is 1.02. The van der Waals surface area contributed by atoms with Crippen LogP contribution in [0.3, 0.4) is 0 Å². The van der Waals surface area contributed by atoms with E-state index >= 15 is 0 Å². The number of aliphatic imine (C=N–C) groups is 1. The molecule has 8 heteroatoms. The molecule has 154 valence electrons. The van der Waals surface area contributed by atoms with Crippen molar-refractivity contribution in [3.63, 3.8) is 0 Å². The molecule has 0 fully saturated rings. The molecule has 3 N–H and O–H groups in total. The predicted octanol–water partition coefficient (Wildman–Crippen LogP) is 4.01. The molecule has 30 heavy (non-hydrogen) atoms. The Hall–Kier alpha value is -3.39. The monoisotopic (exact) mass is 419 g/mol. The third-order valence-electron chi connectivity index (χ3n) is 4.23. The second-order valence-electron chi connectivity index (χ2n) is 6.72. The zero-order valence-electron chi connectivity index (χ0n) is 17.3. The molecular weight excluding hydrogens is 394 g/mol. The highest BCUT2D eigenvalue weighted by molar-refractivity contribution is 7.80. The average Bonchev–Trinajstić information content (AvgIpc) is 2.72. The second-order valence-corrected chi connectivity index (χ2v) is 7.12. The minimum Gasteiger partial charge on any atom is -0.332 e. The molecule has 0 aliphatic rings. The number of rotatable bonds is 5. The van der Waals surface area contributed by atoms with Gasteiger partial charge in [0.25, 0.3) is 0 Å². The maximum atomic E-state index is 5.52. The molecule has 3 rings (SSSR count). The van der Waals surface area contributed by atoms with Crippen LogP contribution in [0, 0.1) is 13.8 Å². The van der Waals surface area contributed by atoms with Crippen molar-refractivity contribution in [1.29, 1.82) is 0 Å². The fourth-order valence-electron chi connectivity index (χ4n) is 2.87. The Morgan fingerprint density at radius 2 is 1.80 bits per heavy atom. The summed E-state index contributed by atoms with van der Waals surface area (Å²) in [5.41, 5.74) is 4.87. The minimum absolute atomic E-state index is 0.428. The topological polar surface area (TPSA) is 87.1 Å². The van der Waals surface area contributed by atoms with E-state index in [9.17, 15) is 0 Å². The Morgan fingerprint density at radius 1 is 1.03 bits per heavy atom. The van der Waals surface area contributed by atoms with Gasteiger partial charge < -0.3 is 10.6 Å². The van der Waals surface area contributed by atoms with Crippen molar-refractivity contribution < 1.29 is 0 Å². The van der Waals surface area contributed by atoms with Crippen LogP contribution in [0.5, 0.6) is 0 Å². The molecule has 1 aromatic carbocycles. The van der Waals surface area contributed by atoms with Crippen molar-refractivity contribution in [2.24, 2.45) is 4.99 Å². The van der Waals surface area contributed by atoms with Crippen LogP contribution in [-0.2, 0) is 13.0 Å². The van der Waals surface area contributed by atoms with Gasteiger partial charge in [0, 0.05) is 29.5 Å². The molecule has 0 unspecified atom stereocenters. The van der Waals surface area contributed by atoms with Gasteiger partial charge in [-0.3, -0.25) is 10.3 Å². The van der Waals surface area contributed by atoms with Crippen LogP contribution in [0.2, 0.25) is 0 Å². The zero-order valence-corrected chi connectivity index (χ0v) is 18.1. The fourth-order valence-corrected chi connectivity index (χ4v) is 3.08. The number of aryl methyl sites for hydroxylation is 3. The molecule has 0 atom stereocenters. The van der Waals surface area contributed by atoms with E-state index in [1.807, 2.05) is 50.2 Å². The van der Waals surface area contributed by atoms with Crippen LogP contribution >= 0.6 is 12.2 Å². The van der Waals surface area contributed by atoms with Gasteiger partial charge in [0.2, 0.25) is 11.9 Å². The standard InChI is InChI=1S/C22H25N7S/c1-4-18-9-5-6-10-19(18)27-22(30)29-20(24-14-17-8-7-11-23-13-17)28-21-25-15(2)12-16(3)26-21/h5-13H,4,14H2,1-3H3,(H3,24,25,26,27,28,29,30). The SMILES string of the molecule is CCc1ccccc1NC(=S)NC(=NCc1cccnc1)Nc1nc(C)cc(C)n1.